The molecule has 0 spiro atoms. The molecular formula is C18H19NO4. The van der Waals surface area contributed by atoms with Crippen LogP contribution in [-0.4, -0.2) is 32.3 Å². The first-order valence-electron chi connectivity index (χ1n) is 7.50. The summed E-state index contributed by atoms with van der Waals surface area (Å²) >= 11 is 0. The first kappa shape index (κ1) is 15.4. The summed E-state index contributed by atoms with van der Waals surface area (Å²) in [5.74, 6) is 1.40. The molecule has 1 N–H and O–H groups in total. The fourth-order valence-electron chi connectivity index (χ4n) is 2.50. The largest absolute Gasteiger partial charge is 0.497 e. The minimum atomic E-state index is -0.301. The number of ether oxygens (including phenoxy) is 3. The molecule has 23 heavy (non-hydrogen) atoms. The van der Waals surface area contributed by atoms with E-state index in [0.717, 1.165) is 17.1 Å². The third kappa shape index (κ3) is 3.81. The number of rotatable bonds is 5. The van der Waals surface area contributed by atoms with Gasteiger partial charge in [0.25, 0.3) is 0 Å². The van der Waals surface area contributed by atoms with E-state index in [1.165, 1.54) is 0 Å². The van der Waals surface area contributed by atoms with Gasteiger partial charge < -0.3 is 19.5 Å². The summed E-state index contributed by atoms with van der Waals surface area (Å²) < 4.78 is 17.0. The highest BCUT2D eigenvalue weighted by molar-refractivity contribution is 5.77. The van der Waals surface area contributed by atoms with Crippen molar-refractivity contribution in [2.24, 2.45) is 0 Å². The number of carbonyl (C=O) groups excluding carboxylic acids is 1. The molecule has 1 fully saturated rings. The second-order valence-corrected chi connectivity index (χ2v) is 5.28. The Kier molecular flexibility index (Phi) is 4.78. The van der Waals surface area contributed by atoms with E-state index in [0.29, 0.717) is 6.54 Å². The molecule has 2 aromatic rings. The molecule has 120 valence electrons. The molecule has 5 nitrogen and oxygen atoms in total. The Morgan fingerprint density at radius 2 is 1.78 bits per heavy atom. The molecule has 1 saturated heterocycles. The van der Waals surface area contributed by atoms with Crippen molar-refractivity contribution >= 4 is 5.91 Å². The van der Waals surface area contributed by atoms with Crippen LogP contribution in [0.15, 0.2) is 54.6 Å². The van der Waals surface area contributed by atoms with Gasteiger partial charge in [-0.05, 0) is 29.8 Å². The van der Waals surface area contributed by atoms with Crippen molar-refractivity contribution in [1.29, 1.82) is 0 Å². The third-order valence-corrected chi connectivity index (χ3v) is 3.72. The fourth-order valence-corrected chi connectivity index (χ4v) is 2.50. The van der Waals surface area contributed by atoms with Gasteiger partial charge in [-0.25, -0.2) is 0 Å². The van der Waals surface area contributed by atoms with Crippen molar-refractivity contribution in [1.82, 2.24) is 5.32 Å². The molecule has 0 bridgehead atoms. The smallest absolute Gasteiger partial charge is 0.246 e. The van der Waals surface area contributed by atoms with Crippen LogP contribution >= 0.6 is 0 Å². The van der Waals surface area contributed by atoms with Crippen LogP contribution in [0.3, 0.4) is 0 Å². The molecule has 0 aliphatic carbocycles. The molecule has 0 saturated carbocycles. The van der Waals surface area contributed by atoms with Crippen molar-refractivity contribution < 1.29 is 19.0 Å². The van der Waals surface area contributed by atoms with E-state index >= 15 is 0 Å². The van der Waals surface area contributed by atoms with E-state index in [1.54, 1.807) is 7.11 Å². The van der Waals surface area contributed by atoms with Crippen LogP contribution in [0, 0.1) is 0 Å². The molecule has 2 atom stereocenters. The molecule has 3 rings (SSSR count). The summed E-state index contributed by atoms with van der Waals surface area (Å²) in [5.41, 5.74) is 1.00. The summed E-state index contributed by atoms with van der Waals surface area (Å²) in [5, 5.41) is 2.82. The average Bonchev–Trinajstić information content (AvgIpc) is 2.62. The van der Waals surface area contributed by atoms with Crippen molar-refractivity contribution in [2.75, 3.05) is 20.3 Å². The zero-order valence-corrected chi connectivity index (χ0v) is 12.9. The normalized spacial score (nSPS) is 18.8. The lowest BCUT2D eigenvalue weighted by molar-refractivity contribution is -0.137. The Labute approximate surface area is 135 Å². The quantitative estimate of drug-likeness (QED) is 0.920. The lowest BCUT2D eigenvalue weighted by atomic mass is 10.0. The van der Waals surface area contributed by atoms with Crippen LogP contribution in [-0.2, 0) is 9.53 Å². The van der Waals surface area contributed by atoms with Gasteiger partial charge >= 0.3 is 0 Å². The van der Waals surface area contributed by atoms with Crippen molar-refractivity contribution in [3.05, 3.63) is 60.2 Å². The summed E-state index contributed by atoms with van der Waals surface area (Å²) in [4.78, 5) is 11.3. The summed E-state index contributed by atoms with van der Waals surface area (Å²) in [6.07, 6.45) is -0.539. The Bertz CT molecular complexity index is 632. The summed E-state index contributed by atoms with van der Waals surface area (Å²) in [6.45, 7) is 0.481. The van der Waals surface area contributed by atoms with E-state index in [4.69, 9.17) is 14.2 Å². The minimum Gasteiger partial charge on any atom is -0.497 e. The van der Waals surface area contributed by atoms with E-state index in [2.05, 4.69) is 5.32 Å². The molecule has 0 aromatic heterocycles. The third-order valence-electron chi connectivity index (χ3n) is 3.72. The average molecular weight is 313 g/mol. The first-order chi connectivity index (χ1) is 11.3. The predicted molar refractivity (Wildman–Crippen MR) is 85.6 cm³/mol. The highest BCUT2D eigenvalue weighted by Crippen LogP contribution is 2.28. The molecular weight excluding hydrogens is 294 g/mol. The molecule has 0 radical (unpaired) electrons. The van der Waals surface area contributed by atoms with Gasteiger partial charge in [-0.3, -0.25) is 4.79 Å². The van der Waals surface area contributed by atoms with Crippen molar-refractivity contribution in [3.8, 4) is 11.5 Å². The Balaban J connectivity index is 1.81. The van der Waals surface area contributed by atoms with Gasteiger partial charge in [-0.1, -0.05) is 30.3 Å². The minimum absolute atomic E-state index is 0.0555. The second kappa shape index (κ2) is 7.15. The van der Waals surface area contributed by atoms with E-state index in [1.807, 2.05) is 54.6 Å². The van der Waals surface area contributed by atoms with Crippen LogP contribution in [0.2, 0.25) is 0 Å². The Morgan fingerprint density at radius 1 is 1.09 bits per heavy atom. The maximum absolute atomic E-state index is 11.3. The van der Waals surface area contributed by atoms with Gasteiger partial charge in [0.1, 0.15) is 24.2 Å². The van der Waals surface area contributed by atoms with Gasteiger partial charge in [-0.15, -0.1) is 0 Å². The molecule has 5 heteroatoms. The number of nitrogens with one attached hydrogen (secondary N) is 1. The lowest BCUT2D eigenvalue weighted by Crippen LogP contribution is -2.46. The van der Waals surface area contributed by atoms with Crippen LogP contribution in [0.5, 0.6) is 11.5 Å². The van der Waals surface area contributed by atoms with Gasteiger partial charge in [0.05, 0.1) is 7.11 Å². The van der Waals surface area contributed by atoms with E-state index < -0.39 is 0 Å². The van der Waals surface area contributed by atoms with Gasteiger partial charge in [0.15, 0.2) is 6.10 Å². The molecule has 1 aliphatic rings. The number of hydrogen-bond acceptors (Lipinski definition) is 4. The molecule has 0 unspecified atom stereocenters. The van der Waals surface area contributed by atoms with Gasteiger partial charge in [0, 0.05) is 6.54 Å². The molecule has 1 aliphatic heterocycles. The lowest BCUT2D eigenvalue weighted by Gasteiger charge is -2.31. The zero-order valence-electron chi connectivity index (χ0n) is 12.9. The van der Waals surface area contributed by atoms with E-state index in [-0.39, 0.29) is 24.7 Å². The monoisotopic (exact) mass is 313 g/mol. The standard InChI is InChI=1S/C18H19NO4/c1-21-14-7-9-15(10-8-14)23-18(13-5-3-2-4-6-13)16-11-19-17(20)12-22-16/h2-10,16,18H,11-12H2,1H3,(H,19,20)/t16-,18-/m0/s1. The number of benzene rings is 2. The fraction of sp³-hybridized carbons (Fsp3) is 0.278. The van der Waals surface area contributed by atoms with E-state index in [9.17, 15) is 4.79 Å². The SMILES string of the molecule is COc1ccc(O[C@@H](c2ccccc2)[C@@H]2CNC(=O)CO2)cc1. The summed E-state index contributed by atoms with van der Waals surface area (Å²) in [6, 6.07) is 17.3. The van der Waals surface area contributed by atoms with Crippen LogP contribution in [0.4, 0.5) is 0 Å². The van der Waals surface area contributed by atoms with Crippen LogP contribution in [0.1, 0.15) is 11.7 Å². The van der Waals surface area contributed by atoms with Gasteiger partial charge in [-0.2, -0.15) is 0 Å². The second-order valence-electron chi connectivity index (χ2n) is 5.28. The maximum atomic E-state index is 11.3. The number of methoxy groups -OCH3 is 1. The van der Waals surface area contributed by atoms with Crippen molar-refractivity contribution in [2.45, 2.75) is 12.2 Å². The summed E-state index contributed by atoms with van der Waals surface area (Å²) in [7, 11) is 1.63. The number of amides is 1. The maximum Gasteiger partial charge on any atom is 0.246 e. The van der Waals surface area contributed by atoms with Crippen LogP contribution in [0.25, 0.3) is 0 Å². The highest BCUT2D eigenvalue weighted by atomic mass is 16.5. The molecule has 1 heterocycles. The molecule has 2 aromatic carbocycles. The first-order valence-corrected chi connectivity index (χ1v) is 7.50. The predicted octanol–water partition coefficient (Wildman–Crippen LogP) is 2.33. The van der Waals surface area contributed by atoms with Crippen molar-refractivity contribution in [3.63, 3.8) is 0 Å². The topological polar surface area (TPSA) is 56.8 Å². The zero-order chi connectivity index (χ0) is 16.1. The Morgan fingerprint density at radius 3 is 2.39 bits per heavy atom. The number of hydrogen-bond donors (Lipinski definition) is 1. The Hall–Kier alpha value is -2.53. The van der Waals surface area contributed by atoms with Crippen LogP contribution < -0.4 is 14.8 Å². The highest BCUT2D eigenvalue weighted by Gasteiger charge is 2.30. The molecule has 1 amide bonds. The number of morpholine rings is 1. The number of carbonyl (C=O) groups is 1. The van der Waals surface area contributed by atoms with Gasteiger partial charge in [0.2, 0.25) is 5.91 Å².